The van der Waals surface area contributed by atoms with Crippen molar-refractivity contribution in [3.63, 3.8) is 0 Å². The van der Waals surface area contributed by atoms with E-state index in [4.69, 9.17) is 0 Å². The van der Waals surface area contributed by atoms with Gasteiger partial charge < -0.3 is 9.80 Å². The van der Waals surface area contributed by atoms with E-state index in [0.29, 0.717) is 0 Å². The van der Waals surface area contributed by atoms with Gasteiger partial charge in [-0.15, -0.1) is 11.3 Å². The third-order valence-electron chi connectivity index (χ3n) is 6.96. The van der Waals surface area contributed by atoms with Crippen LogP contribution < -0.4 is 0 Å². The van der Waals surface area contributed by atoms with Gasteiger partial charge >= 0.3 is 0 Å². The minimum atomic E-state index is 0.102. The molecule has 3 heteroatoms. The van der Waals surface area contributed by atoms with Crippen LogP contribution >= 0.6 is 11.3 Å². The van der Waals surface area contributed by atoms with E-state index >= 15 is 0 Å². The second-order valence-electron chi connectivity index (χ2n) is 10.1. The maximum atomic E-state index is 2.53. The third kappa shape index (κ3) is 4.57. The third-order valence-corrected chi connectivity index (χ3v) is 8.01. The van der Waals surface area contributed by atoms with Crippen molar-refractivity contribution in [2.75, 3.05) is 41.3 Å². The molecule has 1 aliphatic carbocycles. The Morgan fingerprint density at radius 1 is 0.719 bits per heavy atom. The molecule has 1 aromatic heterocycles. The summed E-state index contributed by atoms with van der Waals surface area (Å²) < 4.78 is 0. The minimum absolute atomic E-state index is 0.102. The maximum Gasteiger partial charge on any atom is 0.0345 e. The SMILES string of the molecule is Cc1ccc2c(c1)C(CCCN(C)C)(CCCN(C)C)c1cc(-c3ccc(C)s3)ccc1-2. The Bertz CT molecular complexity index is 1060. The summed E-state index contributed by atoms with van der Waals surface area (Å²) in [7, 11) is 8.76. The molecule has 4 rings (SSSR count). The number of rotatable bonds is 9. The average Bonchev–Trinajstić information content (AvgIpc) is 3.28. The zero-order valence-corrected chi connectivity index (χ0v) is 21.5. The monoisotopic (exact) mass is 446 g/mol. The Balaban J connectivity index is 1.84. The fourth-order valence-electron chi connectivity index (χ4n) is 5.41. The molecule has 0 saturated carbocycles. The summed E-state index contributed by atoms with van der Waals surface area (Å²) in [5.41, 5.74) is 8.86. The van der Waals surface area contributed by atoms with E-state index < -0.39 is 0 Å². The van der Waals surface area contributed by atoms with Crippen molar-refractivity contribution >= 4 is 11.3 Å². The zero-order chi connectivity index (χ0) is 22.9. The summed E-state index contributed by atoms with van der Waals surface area (Å²) in [5.74, 6) is 0. The minimum Gasteiger partial charge on any atom is -0.309 e. The van der Waals surface area contributed by atoms with Gasteiger partial charge in [0.25, 0.3) is 0 Å². The molecule has 0 bridgehead atoms. The summed E-state index contributed by atoms with van der Waals surface area (Å²) in [5, 5.41) is 0. The van der Waals surface area contributed by atoms with Crippen LogP contribution in [0.5, 0.6) is 0 Å². The Labute approximate surface area is 198 Å². The van der Waals surface area contributed by atoms with E-state index in [1.807, 2.05) is 11.3 Å². The lowest BCUT2D eigenvalue weighted by atomic mass is 9.70. The van der Waals surface area contributed by atoms with Gasteiger partial charge in [-0.1, -0.05) is 35.9 Å². The second kappa shape index (κ2) is 9.51. The van der Waals surface area contributed by atoms with Crippen molar-refractivity contribution < 1.29 is 0 Å². The largest absolute Gasteiger partial charge is 0.309 e. The summed E-state index contributed by atoms with van der Waals surface area (Å²) in [6.45, 7) is 6.71. The van der Waals surface area contributed by atoms with E-state index in [1.165, 1.54) is 57.7 Å². The molecule has 0 atom stereocenters. The molecule has 1 heterocycles. The highest BCUT2D eigenvalue weighted by Crippen LogP contribution is 2.55. The topological polar surface area (TPSA) is 6.48 Å². The van der Waals surface area contributed by atoms with E-state index in [9.17, 15) is 0 Å². The first-order valence-corrected chi connectivity index (χ1v) is 12.7. The summed E-state index contributed by atoms with van der Waals surface area (Å²) in [6, 6.07) is 18.9. The lowest BCUT2D eigenvalue weighted by Crippen LogP contribution is -2.29. The molecule has 0 amide bonds. The Kier molecular flexibility index (Phi) is 6.90. The fraction of sp³-hybridized carbons (Fsp3) is 0.448. The lowest BCUT2D eigenvalue weighted by molar-refractivity contribution is 0.328. The normalized spacial score (nSPS) is 14.2. The van der Waals surface area contributed by atoms with Crippen molar-refractivity contribution in [3.8, 4) is 21.6 Å². The molecular weight excluding hydrogens is 408 g/mol. The van der Waals surface area contributed by atoms with Gasteiger partial charge in [0.15, 0.2) is 0 Å². The Morgan fingerprint density at radius 2 is 1.31 bits per heavy atom. The molecule has 170 valence electrons. The predicted octanol–water partition coefficient (Wildman–Crippen LogP) is 6.98. The molecule has 0 unspecified atom stereocenters. The van der Waals surface area contributed by atoms with Crippen molar-refractivity contribution in [1.29, 1.82) is 0 Å². The van der Waals surface area contributed by atoms with Crippen molar-refractivity contribution in [2.45, 2.75) is 44.9 Å². The number of fused-ring (bicyclic) bond motifs is 3. The molecule has 2 aromatic carbocycles. The van der Waals surface area contributed by atoms with Gasteiger partial charge in [0.1, 0.15) is 0 Å². The van der Waals surface area contributed by atoms with Crippen LogP contribution in [0, 0.1) is 13.8 Å². The van der Waals surface area contributed by atoms with Crippen LogP contribution in [0.3, 0.4) is 0 Å². The fourth-order valence-corrected chi connectivity index (χ4v) is 6.27. The first-order valence-electron chi connectivity index (χ1n) is 11.9. The van der Waals surface area contributed by atoms with Gasteiger partial charge in [-0.05, 0) is 127 Å². The van der Waals surface area contributed by atoms with Crippen molar-refractivity contribution in [1.82, 2.24) is 9.80 Å². The van der Waals surface area contributed by atoms with Crippen LogP contribution in [0.25, 0.3) is 21.6 Å². The molecule has 32 heavy (non-hydrogen) atoms. The summed E-state index contributed by atoms with van der Waals surface area (Å²) in [4.78, 5) is 7.41. The van der Waals surface area contributed by atoms with Crippen LogP contribution in [0.1, 0.15) is 47.3 Å². The number of hydrogen-bond acceptors (Lipinski definition) is 3. The van der Waals surface area contributed by atoms with Crippen LogP contribution in [-0.2, 0) is 5.41 Å². The Morgan fingerprint density at radius 3 is 1.88 bits per heavy atom. The van der Waals surface area contributed by atoms with E-state index in [-0.39, 0.29) is 5.41 Å². The molecule has 0 radical (unpaired) electrons. The lowest BCUT2D eigenvalue weighted by Gasteiger charge is -2.34. The quantitative estimate of drug-likeness (QED) is 0.350. The number of nitrogens with zero attached hydrogens (tertiary/aromatic N) is 2. The second-order valence-corrected chi connectivity index (χ2v) is 11.4. The number of thiophene rings is 1. The molecular formula is C29H38N2S. The van der Waals surface area contributed by atoms with E-state index in [0.717, 1.165) is 13.1 Å². The molecule has 0 fully saturated rings. The molecule has 1 aliphatic rings. The average molecular weight is 447 g/mol. The van der Waals surface area contributed by atoms with Crippen molar-refractivity contribution in [2.24, 2.45) is 0 Å². The number of aryl methyl sites for hydroxylation is 2. The molecule has 0 N–H and O–H groups in total. The molecule has 3 aromatic rings. The van der Waals surface area contributed by atoms with Gasteiger partial charge in [0.2, 0.25) is 0 Å². The van der Waals surface area contributed by atoms with Crippen LogP contribution in [0.15, 0.2) is 48.5 Å². The molecule has 0 aliphatic heterocycles. The van der Waals surface area contributed by atoms with E-state index in [1.54, 1.807) is 11.1 Å². The molecule has 0 saturated heterocycles. The van der Waals surface area contributed by atoms with Crippen LogP contribution in [0.4, 0.5) is 0 Å². The smallest absolute Gasteiger partial charge is 0.0345 e. The molecule has 2 nitrogen and oxygen atoms in total. The van der Waals surface area contributed by atoms with Gasteiger partial charge in [-0.2, -0.15) is 0 Å². The summed E-state index contributed by atoms with van der Waals surface area (Å²) in [6.07, 6.45) is 4.83. The number of benzene rings is 2. The molecule has 0 spiro atoms. The first kappa shape index (κ1) is 23.2. The predicted molar refractivity (Wildman–Crippen MR) is 141 cm³/mol. The van der Waals surface area contributed by atoms with Gasteiger partial charge in [0, 0.05) is 15.2 Å². The highest BCUT2D eigenvalue weighted by Gasteiger charge is 2.42. The van der Waals surface area contributed by atoms with Crippen LogP contribution in [0.2, 0.25) is 0 Å². The van der Waals surface area contributed by atoms with Crippen molar-refractivity contribution in [3.05, 3.63) is 70.1 Å². The highest BCUT2D eigenvalue weighted by molar-refractivity contribution is 7.15. The maximum absolute atomic E-state index is 2.53. The van der Waals surface area contributed by atoms with Gasteiger partial charge in [-0.3, -0.25) is 0 Å². The van der Waals surface area contributed by atoms with Crippen LogP contribution in [-0.4, -0.2) is 51.1 Å². The van der Waals surface area contributed by atoms with E-state index in [2.05, 4.69) is 100 Å². The van der Waals surface area contributed by atoms with Gasteiger partial charge in [-0.25, -0.2) is 0 Å². The summed E-state index contributed by atoms with van der Waals surface area (Å²) >= 11 is 1.90. The zero-order valence-electron chi connectivity index (χ0n) is 20.7. The number of hydrogen-bond donors (Lipinski definition) is 0. The first-order chi connectivity index (χ1) is 15.3. The standard InChI is InChI=1S/C29H38N2S/c1-21-9-12-24-25-13-11-23(28-14-10-22(2)32-28)20-27(25)29(26(24)19-21,15-7-17-30(3)4)16-8-18-31(5)6/h9-14,19-20H,7-8,15-18H2,1-6H3. The Hall–Kier alpha value is -1.94. The highest BCUT2D eigenvalue weighted by atomic mass is 32.1. The van der Waals surface area contributed by atoms with Gasteiger partial charge in [0.05, 0.1) is 0 Å².